The van der Waals surface area contributed by atoms with Gasteiger partial charge in [-0.15, -0.1) is 0 Å². The summed E-state index contributed by atoms with van der Waals surface area (Å²) >= 11 is 0. The zero-order chi connectivity index (χ0) is 16.2. The second-order valence-electron chi connectivity index (χ2n) is 4.46. The van der Waals surface area contributed by atoms with Crippen LogP contribution in [0.4, 0.5) is 4.39 Å². The highest BCUT2D eigenvalue weighted by Crippen LogP contribution is 2.27. The van der Waals surface area contributed by atoms with Crippen LogP contribution in [0, 0.1) is 0 Å². The smallest absolute Gasteiger partial charge is 0.303 e. The summed E-state index contributed by atoms with van der Waals surface area (Å²) in [4.78, 5) is 32.7. The molecule has 5 atom stereocenters. The molecule has 0 bridgehead atoms. The molecule has 1 aliphatic heterocycles. The summed E-state index contributed by atoms with van der Waals surface area (Å²) in [6, 6.07) is 0. The number of aliphatic hydroxyl groups excluding tert-OH is 1. The van der Waals surface area contributed by atoms with E-state index in [0.717, 1.165) is 20.8 Å². The number of carbonyl (C=O) groups is 3. The monoisotopic (exact) mass is 308 g/mol. The average Bonchev–Trinajstić information content (AvgIpc) is 2.35. The lowest BCUT2D eigenvalue weighted by Crippen LogP contribution is -2.59. The van der Waals surface area contributed by atoms with Crippen molar-refractivity contribution < 1.29 is 42.8 Å². The third kappa shape index (κ3) is 4.94. The van der Waals surface area contributed by atoms with E-state index in [1.165, 1.54) is 0 Å². The maximum Gasteiger partial charge on any atom is 0.303 e. The van der Waals surface area contributed by atoms with Gasteiger partial charge >= 0.3 is 17.9 Å². The van der Waals surface area contributed by atoms with Crippen LogP contribution in [0.1, 0.15) is 20.8 Å². The Hall–Kier alpha value is -1.74. The maximum atomic E-state index is 14.3. The van der Waals surface area contributed by atoms with Crippen LogP contribution >= 0.6 is 0 Å². The van der Waals surface area contributed by atoms with E-state index in [9.17, 15) is 23.9 Å². The van der Waals surface area contributed by atoms with Crippen LogP contribution in [-0.4, -0.2) is 60.4 Å². The Balaban J connectivity index is 2.87. The standard InChI is InChI=1S/C12H17FO8/c1-5(14)18-4-8-9(13)10(19-6(2)15)11(12(17)21-8)20-7(3)16/h8-12,17H,4H2,1-3H3/t8-,9+,10+,11+,12+/m1/s1. The van der Waals surface area contributed by atoms with Gasteiger partial charge in [-0.1, -0.05) is 0 Å². The first-order valence-electron chi connectivity index (χ1n) is 6.17. The molecule has 1 N–H and O–H groups in total. The van der Waals surface area contributed by atoms with Crippen LogP contribution in [0.25, 0.3) is 0 Å². The lowest BCUT2D eigenvalue weighted by Gasteiger charge is -2.39. The Kier molecular flexibility index (Phi) is 6.03. The molecular formula is C12H17FO8. The average molecular weight is 308 g/mol. The van der Waals surface area contributed by atoms with Gasteiger partial charge in [-0.3, -0.25) is 14.4 Å². The van der Waals surface area contributed by atoms with Crippen molar-refractivity contribution in [3.63, 3.8) is 0 Å². The van der Waals surface area contributed by atoms with Gasteiger partial charge in [-0.05, 0) is 0 Å². The summed E-state index contributed by atoms with van der Waals surface area (Å²) in [7, 11) is 0. The Morgan fingerprint density at radius 3 is 2.05 bits per heavy atom. The van der Waals surface area contributed by atoms with Gasteiger partial charge in [0.05, 0.1) is 0 Å². The summed E-state index contributed by atoms with van der Waals surface area (Å²) in [6.45, 7) is 2.74. The van der Waals surface area contributed by atoms with Crippen molar-refractivity contribution in [2.24, 2.45) is 0 Å². The normalized spacial score (nSPS) is 32.1. The number of halogens is 1. The number of esters is 3. The zero-order valence-corrected chi connectivity index (χ0v) is 11.8. The van der Waals surface area contributed by atoms with Crippen molar-refractivity contribution in [3.05, 3.63) is 0 Å². The fourth-order valence-corrected chi connectivity index (χ4v) is 1.86. The zero-order valence-electron chi connectivity index (χ0n) is 11.8. The summed E-state index contributed by atoms with van der Waals surface area (Å²) < 4.78 is 33.3. The Labute approximate surface area is 120 Å². The highest BCUT2D eigenvalue weighted by Gasteiger charge is 2.50. The van der Waals surface area contributed by atoms with Gasteiger partial charge in [0.15, 0.2) is 24.7 Å². The van der Waals surface area contributed by atoms with Crippen LogP contribution in [0.5, 0.6) is 0 Å². The third-order valence-electron chi connectivity index (χ3n) is 2.64. The topological polar surface area (TPSA) is 108 Å². The first kappa shape index (κ1) is 17.3. The first-order chi connectivity index (χ1) is 9.72. The van der Waals surface area contributed by atoms with E-state index in [1.54, 1.807) is 0 Å². The molecule has 0 radical (unpaired) electrons. The molecule has 1 rings (SSSR count). The molecule has 9 heteroatoms. The molecule has 0 saturated carbocycles. The Bertz CT molecular complexity index is 412. The van der Waals surface area contributed by atoms with Gasteiger partial charge < -0.3 is 24.1 Å². The molecule has 1 aliphatic rings. The first-order valence-corrected chi connectivity index (χ1v) is 6.17. The molecule has 1 saturated heterocycles. The second-order valence-corrected chi connectivity index (χ2v) is 4.46. The van der Waals surface area contributed by atoms with Crippen LogP contribution in [0.3, 0.4) is 0 Å². The maximum absolute atomic E-state index is 14.3. The molecule has 0 aromatic heterocycles. The number of carbonyl (C=O) groups excluding carboxylic acids is 3. The molecule has 0 amide bonds. The lowest BCUT2D eigenvalue weighted by molar-refractivity contribution is -0.283. The lowest BCUT2D eigenvalue weighted by atomic mass is 10.00. The van der Waals surface area contributed by atoms with Crippen molar-refractivity contribution in [2.45, 2.75) is 51.5 Å². The highest BCUT2D eigenvalue weighted by atomic mass is 19.1. The van der Waals surface area contributed by atoms with Crippen molar-refractivity contribution in [1.82, 2.24) is 0 Å². The van der Waals surface area contributed by atoms with Crippen LogP contribution in [-0.2, 0) is 33.3 Å². The van der Waals surface area contributed by atoms with Crippen LogP contribution in [0.2, 0.25) is 0 Å². The molecule has 8 nitrogen and oxygen atoms in total. The summed E-state index contributed by atoms with van der Waals surface area (Å²) in [5.41, 5.74) is 0. The van der Waals surface area contributed by atoms with Crippen LogP contribution < -0.4 is 0 Å². The summed E-state index contributed by atoms with van der Waals surface area (Å²) in [6.07, 6.45) is -8.07. The van der Waals surface area contributed by atoms with Gasteiger partial charge in [0.2, 0.25) is 0 Å². The minimum absolute atomic E-state index is 0.474. The fraction of sp³-hybridized carbons (Fsp3) is 0.750. The van der Waals surface area contributed by atoms with E-state index in [2.05, 4.69) is 4.74 Å². The fourth-order valence-electron chi connectivity index (χ4n) is 1.86. The number of alkyl halides is 1. The molecule has 1 heterocycles. The number of hydrogen-bond donors (Lipinski definition) is 1. The van der Waals surface area contributed by atoms with Gasteiger partial charge in [-0.2, -0.15) is 0 Å². The van der Waals surface area contributed by atoms with E-state index >= 15 is 0 Å². The quantitative estimate of drug-likeness (QED) is 0.545. The second kappa shape index (κ2) is 7.32. The highest BCUT2D eigenvalue weighted by molar-refractivity contribution is 5.67. The minimum atomic E-state index is -1.94. The van der Waals surface area contributed by atoms with E-state index in [1.807, 2.05) is 0 Å². The third-order valence-corrected chi connectivity index (χ3v) is 2.64. The minimum Gasteiger partial charge on any atom is -0.463 e. The van der Waals surface area contributed by atoms with Gasteiger partial charge in [-0.25, -0.2) is 4.39 Å². The van der Waals surface area contributed by atoms with E-state index in [-0.39, 0.29) is 0 Å². The van der Waals surface area contributed by atoms with Gasteiger partial charge in [0.1, 0.15) is 12.7 Å². The number of rotatable bonds is 4. The molecule has 1 fully saturated rings. The molecule has 120 valence electrons. The molecule has 0 unspecified atom stereocenters. The SMILES string of the molecule is CC(=O)OC[C@H]1O[C@H](O)[C@@H](OC(C)=O)[C@@H](OC(C)=O)[C@H]1F. The van der Waals surface area contributed by atoms with Gasteiger partial charge in [0, 0.05) is 20.8 Å². The molecule has 0 aromatic rings. The Morgan fingerprint density at radius 2 is 1.57 bits per heavy atom. The molecule has 21 heavy (non-hydrogen) atoms. The van der Waals surface area contributed by atoms with E-state index < -0.39 is 55.3 Å². The molecule has 0 aliphatic carbocycles. The summed E-state index contributed by atoms with van der Waals surface area (Å²) in [5.74, 6) is -2.28. The van der Waals surface area contributed by atoms with Crippen molar-refractivity contribution in [1.29, 1.82) is 0 Å². The van der Waals surface area contributed by atoms with Crippen molar-refractivity contribution in [2.75, 3.05) is 6.61 Å². The number of ether oxygens (including phenoxy) is 4. The largest absolute Gasteiger partial charge is 0.463 e. The van der Waals surface area contributed by atoms with Crippen molar-refractivity contribution >= 4 is 17.9 Å². The van der Waals surface area contributed by atoms with Gasteiger partial charge in [0.25, 0.3) is 0 Å². The summed E-state index contributed by atoms with van der Waals surface area (Å²) in [5, 5.41) is 9.76. The molecule has 0 aromatic carbocycles. The van der Waals surface area contributed by atoms with E-state index in [0.29, 0.717) is 0 Å². The number of hydrogen-bond acceptors (Lipinski definition) is 8. The molecular weight excluding hydrogens is 291 g/mol. The Morgan fingerprint density at radius 1 is 1.05 bits per heavy atom. The van der Waals surface area contributed by atoms with E-state index in [4.69, 9.17) is 14.2 Å². The number of aliphatic hydroxyl groups is 1. The molecule has 0 spiro atoms. The predicted octanol–water partition coefficient (Wildman–Crippen LogP) is -0.532. The van der Waals surface area contributed by atoms with Crippen molar-refractivity contribution in [3.8, 4) is 0 Å². The predicted molar refractivity (Wildman–Crippen MR) is 63.5 cm³/mol. The van der Waals surface area contributed by atoms with Crippen LogP contribution in [0.15, 0.2) is 0 Å².